The summed E-state index contributed by atoms with van der Waals surface area (Å²) in [7, 11) is 0. The number of aryl methyl sites for hydroxylation is 1. The molecule has 0 aliphatic heterocycles. The normalized spacial score (nSPS) is 10.9. The molecule has 1 atom stereocenters. The zero-order chi connectivity index (χ0) is 20.2. The highest BCUT2D eigenvalue weighted by atomic mass is 16.5. The largest absolute Gasteiger partial charge is 0.382 e. The van der Waals surface area contributed by atoms with Crippen molar-refractivity contribution in [3.63, 3.8) is 0 Å². The number of ether oxygens (including phenoxy) is 1. The minimum atomic E-state index is 0.0394. The number of aromatic nitrogens is 2. The van der Waals surface area contributed by atoms with Gasteiger partial charge in [0, 0.05) is 25.7 Å². The summed E-state index contributed by atoms with van der Waals surface area (Å²) in [5, 5.41) is 7.53. The molecule has 1 aromatic rings. The third-order valence-electron chi connectivity index (χ3n) is 3.66. The first-order valence-electron chi connectivity index (χ1n) is 10.1. The van der Waals surface area contributed by atoms with Crippen molar-refractivity contribution >= 4 is 5.78 Å². The molecule has 5 heteroatoms. The minimum absolute atomic E-state index is 0.0394. The van der Waals surface area contributed by atoms with Crippen LogP contribution in [0.3, 0.4) is 0 Å². The molecule has 5 nitrogen and oxygen atoms in total. The van der Waals surface area contributed by atoms with E-state index in [0.29, 0.717) is 18.2 Å². The zero-order valence-electron chi connectivity index (χ0n) is 17.9. The molecule has 0 radical (unpaired) electrons. The number of ketones is 1. The van der Waals surface area contributed by atoms with Crippen molar-refractivity contribution in [1.82, 2.24) is 10.2 Å². The Labute approximate surface area is 161 Å². The minimum Gasteiger partial charge on any atom is -0.382 e. The Morgan fingerprint density at radius 3 is 2.15 bits per heavy atom. The topological polar surface area (TPSA) is 78.1 Å². The van der Waals surface area contributed by atoms with Gasteiger partial charge in [0.1, 0.15) is 5.69 Å². The number of nitrogens with two attached hydrogens (primary N) is 1. The van der Waals surface area contributed by atoms with Gasteiger partial charge in [-0.05, 0) is 45.2 Å². The van der Waals surface area contributed by atoms with Crippen molar-refractivity contribution in [2.45, 2.75) is 92.5 Å². The van der Waals surface area contributed by atoms with Gasteiger partial charge in [0.15, 0.2) is 5.78 Å². The fourth-order valence-corrected chi connectivity index (χ4v) is 1.88. The van der Waals surface area contributed by atoms with E-state index in [4.69, 9.17) is 10.5 Å². The van der Waals surface area contributed by atoms with E-state index < -0.39 is 0 Å². The molecule has 0 saturated carbocycles. The summed E-state index contributed by atoms with van der Waals surface area (Å²) < 4.78 is 4.98. The molecule has 2 N–H and O–H groups in total. The third kappa shape index (κ3) is 17.5. The van der Waals surface area contributed by atoms with Gasteiger partial charge in [0.25, 0.3) is 0 Å². The fourth-order valence-electron chi connectivity index (χ4n) is 1.88. The Balaban J connectivity index is 0. The number of hydrogen-bond acceptors (Lipinski definition) is 5. The lowest BCUT2D eigenvalue weighted by atomic mass is 10.1. The van der Waals surface area contributed by atoms with Gasteiger partial charge in [0.2, 0.25) is 0 Å². The summed E-state index contributed by atoms with van der Waals surface area (Å²) in [6, 6.07) is 3.95. The van der Waals surface area contributed by atoms with E-state index in [1.807, 2.05) is 20.8 Å². The maximum atomic E-state index is 11.0. The van der Waals surface area contributed by atoms with Crippen LogP contribution in [0.4, 0.5) is 0 Å². The van der Waals surface area contributed by atoms with Crippen LogP contribution in [0.15, 0.2) is 12.1 Å². The molecule has 1 rings (SSSR count). The van der Waals surface area contributed by atoms with E-state index >= 15 is 0 Å². The monoisotopic (exact) mass is 367 g/mol. The van der Waals surface area contributed by atoms with Crippen molar-refractivity contribution in [3.8, 4) is 0 Å². The Kier molecular flexibility index (Phi) is 20.7. The van der Waals surface area contributed by atoms with Gasteiger partial charge in [-0.1, -0.05) is 47.0 Å². The number of rotatable bonds is 10. The molecular formula is C21H41N3O2. The quantitative estimate of drug-likeness (QED) is 0.459. The van der Waals surface area contributed by atoms with Crippen LogP contribution in [0, 0.1) is 6.92 Å². The van der Waals surface area contributed by atoms with E-state index in [9.17, 15) is 4.79 Å². The molecule has 0 amide bonds. The standard InChI is InChI=1S/C8H10N2O.C8H19N.C5H12O/c1-3-8(11)7-5-4-6(2)9-10-7;1-3-5-6-7-8(9)4-2;1-3-5-6-4-2/h4-5H,3H2,1-2H3;8H,3-7,9H2,1-2H3;3-5H2,1-2H3. The van der Waals surface area contributed by atoms with Crippen LogP contribution in [0.1, 0.15) is 95.7 Å². The molecule has 1 unspecified atom stereocenters. The molecule has 0 aromatic carbocycles. The highest BCUT2D eigenvalue weighted by molar-refractivity contribution is 5.93. The van der Waals surface area contributed by atoms with Crippen LogP contribution in [0.5, 0.6) is 0 Å². The molecule has 0 saturated heterocycles. The molecular weight excluding hydrogens is 326 g/mol. The highest BCUT2D eigenvalue weighted by Gasteiger charge is 2.03. The zero-order valence-corrected chi connectivity index (χ0v) is 17.9. The van der Waals surface area contributed by atoms with Gasteiger partial charge < -0.3 is 10.5 Å². The first-order valence-corrected chi connectivity index (χ1v) is 10.1. The van der Waals surface area contributed by atoms with Crippen molar-refractivity contribution in [3.05, 3.63) is 23.5 Å². The van der Waals surface area contributed by atoms with Crippen LogP contribution in [0.2, 0.25) is 0 Å². The number of unbranched alkanes of at least 4 members (excludes halogenated alkanes) is 2. The van der Waals surface area contributed by atoms with Crippen LogP contribution in [-0.2, 0) is 4.74 Å². The van der Waals surface area contributed by atoms with Crippen molar-refractivity contribution in [2.75, 3.05) is 13.2 Å². The number of nitrogens with zero attached hydrogens (tertiary/aromatic N) is 2. The summed E-state index contributed by atoms with van der Waals surface area (Å²) in [5.41, 5.74) is 7.00. The van der Waals surface area contributed by atoms with E-state index in [1.54, 1.807) is 12.1 Å². The van der Waals surface area contributed by atoms with E-state index in [-0.39, 0.29) is 5.78 Å². The smallest absolute Gasteiger partial charge is 0.182 e. The average Bonchev–Trinajstić information content (AvgIpc) is 2.67. The Morgan fingerprint density at radius 1 is 1.08 bits per heavy atom. The summed E-state index contributed by atoms with van der Waals surface area (Å²) in [6.45, 7) is 13.9. The summed E-state index contributed by atoms with van der Waals surface area (Å²) in [5.74, 6) is 0.0394. The van der Waals surface area contributed by atoms with E-state index in [1.165, 1.54) is 25.7 Å². The second-order valence-electron chi connectivity index (χ2n) is 6.20. The van der Waals surface area contributed by atoms with E-state index in [2.05, 4.69) is 31.0 Å². The van der Waals surface area contributed by atoms with E-state index in [0.717, 1.165) is 31.7 Å². The summed E-state index contributed by atoms with van der Waals surface area (Å²) in [4.78, 5) is 11.0. The molecule has 0 bridgehead atoms. The second-order valence-corrected chi connectivity index (χ2v) is 6.20. The Hall–Kier alpha value is -1.33. The first kappa shape index (κ1) is 26.9. The maximum absolute atomic E-state index is 11.0. The third-order valence-corrected chi connectivity index (χ3v) is 3.66. The highest BCUT2D eigenvalue weighted by Crippen LogP contribution is 2.03. The van der Waals surface area contributed by atoms with Crippen LogP contribution in [-0.4, -0.2) is 35.2 Å². The van der Waals surface area contributed by atoms with Gasteiger partial charge in [-0.25, -0.2) is 0 Å². The van der Waals surface area contributed by atoms with Gasteiger partial charge in [-0.3, -0.25) is 4.79 Å². The lowest BCUT2D eigenvalue weighted by molar-refractivity contribution is 0.0982. The summed E-state index contributed by atoms with van der Waals surface area (Å²) in [6.07, 6.45) is 7.91. The average molecular weight is 368 g/mol. The van der Waals surface area contributed by atoms with Crippen LogP contribution in [0.25, 0.3) is 0 Å². The first-order chi connectivity index (χ1) is 12.5. The van der Waals surface area contributed by atoms with Crippen LogP contribution >= 0.6 is 0 Å². The lowest BCUT2D eigenvalue weighted by Crippen LogP contribution is -2.17. The number of carbonyl (C=O) groups is 1. The van der Waals surface area contributed by atoms with Crippen molar-refractivity contribution in [1.29, 1.82) is 0 Å². The van der Waals surface area contributed by atoms with Gasteiger partial charge in [0.05, 0.1) is 5.69 Å². The summed E-state index contributed by atoms with van der Waals surface area (Å²) >= 11 is 0. The number of Topliss-reactive ketones (excluding diaryl/α,β-unsaturated/α-hetero) is 1. The predicted octanol–water partition coefficient (Wildman–Crippen LogP) is 5.11. The second kappa shape index (κ2) is 20.0. The van der Waals surface area contributed by atoms with Crippen molar-refractivity contribution in [2.24, 2.45) is 5.73 Å². The maximum Gasteiger partial charge on any atom is 0.182 e. The molecule has 1 heterocycles. The molecule has 0 spiro atoms. The SMILES string of the molecule is CCC(=O)c1ccc(C)nn1.CCCCCC(N)CC.CCCOCC. The molecule has 1 aromatic heterocycles. The predicted molar refractivity (Wildman–Crippen MR) is 111 cm³/mol. The van der Waals surface area contributed by atoms with Gasteiger partial charge in [-0.2, -0.15) is 5.10 Å². The molecule has 0 aliphatic rings. The molecule has 26 heavy (non-hydrogen) atoms. The van der Waals surface area contributed by atoms with Crippen LogP contribution < -0.4 is 5.73 Å². The lowest BCUT2D eigenvalue weighted by Gasteiger charge is -2.05. The Morgan fingerprint density at radius 2 is 1.77 bits per heavy atom. The molecule has 152 valence electrons. The van der Waals surface area contributed by atoms with Gasteiger partial charge >= 0.3 is 0 Å². The van der Waals surface area contributed by atoms with Gasteiger partial charge in [-0.15, -0.1) is 5.10 Å². The fraction of sp³-hybridized carbons (Fsp3) is 0.762. The molecule has 0 fully saturated rings. The number of hydrogen-bond donors (Lipinski definition) is 1. The number of carbonyl (C=O) groups excluding carboxylic acids is 1. The molecule has 0 aliphatic carbocycles. The Bertz CT molecular complexity index is 418. The van der Waals surface area contributed by atoms with Crippen molar-refractivity contribution < 1.29 is 9.53 Å².